The second-order valence-corrected chi connectivity index (χ2v) is 5.94. The van der Waals surface area contributed by atoms with Crippen molar-refractivity contribution in [2.75, 3.05) is 25.5 Å². The van der Waals surface area contributed by atoms with Crippen LogP contribution in [0.25, 0.3) is 0 Å². The van der Waals surface area contributed by atoms with Gasteiger partial charge in [0.2, 0.25) is 0 Å². The highest BCUT2D eigenvalue weighted by Gasteiger charge is 2.23. The molecule has 0 saturated carbocycles. The molecule has 1 aromatic heterocycles. The summed E-state index contributed by atoms with van der Waals surface area (Å²) in [5.74, 6) is -0.139. The van der Waals surface area contributed by atoms with Gasteiger partial charge in [0.05, 0.1) is 0 Å². The van der Waals surface area contributed by atoms with Gasteiger partial charge in [0.15, 0.2) is 0 Å². The largest absolute Gasteiger partial charge is 0.355 e. The lowest BCUT2D eigenvalue weighted by Crippen LogP contribution is -2.41. The number of carbonyl (C=O) groups excluding carboxylic acids is 2. The van der Waals surface area contributed by atoms with E-state index in [9.17, 15) is 9.59 Å². The number of piperidine rings is 1. The summed E-state index contributed by atoms with van der Waals surface area (Å²) in [6.45, 7) is 1.48. The molecule has 0 aliphatic carbocycles. The van der Waals surface area contributed by atoms with Crippen molar-refractivity contribution in [3.05, 3.63) is 54.4 Å². The third kappa shape index (κ3) is 3.59. The minimum absolute atomic E-state index is 0.0892. The van der Waals surface area contributed by atoms with Gasteiger partial charge in [0.25, 0.3) is 5.91 Å². The molecule has 0 bridgehead atoms. The number of nitrogens with one attached hydrogen (secondary N) is 2. The Balaban J connectivity index is 1.53. The zero-order valence-corrected chi connectivity index (χ0v) is 13.7. The molecule has 3 rings (SSSR count). The fourth-order valence-corrected chi connectivity index (χ4v) is 3.01. The fraction of sp³-hybridized carbons (Fsp3) is 0.333. The first kappa shape index (κ1) is 16.1. The van der Waals surface area contributed by atoms with E-state index in [4.69, 9.17) is 0 Å². The SMILES string of the molecule is CNC(=O)c1ccc(NC(=O)N2CCC(n3cccc3)CC2)cc1. The molecule has 2 aromatic rings. The number of nitrogens with zero attached hydrogens (tertiary/aromatic N) is 2. The quantitative estimate of drug-likeness (QED) is 0.911. The molecule has 0 radical (unpaired) electrons. The summed E-state index contributed by atoms with van der Waals surface area (Å²) in [6, 6.07) is 11.3. The molecule has 0 unspecified atom stereocenters. The molecule has 0 spiro atoms. The molecular formula is C18H22N4O2. The lowest BCUT2D eigenvalue weighted by Gasteiger charge is -2.32. The highest BCUT2D eigenvalue weighted by Crippen LogP contribution is 2.23. The summed E-state index contributed by atoms with van der Waals surface area (Å²) in [5, 5.41) is 5.47. The molecule has 3 amide bonds. The van der Waals surface area contributed by atoms with Crippen molar-refractivity contribution in [1.82, 2.24) is 14.8 Å². The van der Waals surface area contributed by atoms with Crippen LogP contribution in [0.3, 0.4) is 0 Å². The fourth-order valence-electron chi connectivity index (χ4n) is 3.01. The van der Waals surface area contributed by atoms with Gasteiger partial charge < -0.3 is 20.1 Å². The van der Waals surface area contributed by atoms with Crippen molar-refractivity contribution in [2.24, 2.45) is 0 Å². The molecule has 1 aromatic carbocycles. The van der Waals surface area contributed by atoms with Gasteiger partial charge in [0.1, 0.15) is 0 Å². The van der Waals surface area contributed by atoms with E-state index < -0.39 is 0 Å². The average molecular weight is 326 g/mol. The van der Waals surface area contributed by atoms with Crippen LogP contribution in [0.1, 0.15) is 29.2 Å². The van der Waals surface area contributed by atoms with Gasteiger partial charge in [-0.05, 0) is 49.2 Å². The Morgan fingerprint density at radius 1 is 1.04 bits per heavy atom. The number of likely N-dealkylation sites (tertiary alicyclic amines) is 1. The summed E-state index contributed by atoms with van der Waals surface area (Å²) in [4.78, 5) is 25.7. The summed E-state index contributed by atoms with van der Waals surface area (Å²) in [6.07, 6.45) is 6.07. The first-order valence-electron chi connectivity index (χ1n) is 8.18. The van der Waals surface area contributed by atoms with Crippen LogP contribution in [-0.4, -0.2) is 41.5 Å². The van der Waals surface area contributed by atoms with E-state index >= 15 is 0 Å². The second-order valence-electron chi connectivity index (χ2n) is 5.94. The Morgan fingerprint density at radius 3 is 2.25 bits per heavy atom. The van der Waals surface area contributed by atoms with Gasteiger partial charge in [-0.1, -0.05) is 0 Å². The third-order valence-electron chi connectivity index (χ3n) is 4.43. The maximum atomic E-state index is 12.4. The second kappa shape index (κ2) is 7.21. The molecule has 1 saturated heterocycles. The lowest BCUT2D eigenvalue weighted by molar-refractivity contribution is 0.0963. The zero-order valence-electron chi connectivity index (χ0n) is 13.7. The number of anilines is 1. The van der Waals surface area contributed by atoms with E-state index in [-0.39, 0.29) is 11.9 Å². The number of hydrogen-bond acceptors (Lipinski definition) is 2. The topological polar surface area (TPSA) is 66.4 Å². The molecule has 2 N–H and O–H groups in total. The van der Waals surface area contributed by atoms with Gasteiger partial charge in [-0.25, -0.2) is 4.79 Å². The van der Waals surface area contributed by atoms with Crippen molar-refractivity contribution in [3.63, 3.8) is 0 Å². The highest BCUT2D eigenvalue weighted by atomic mass is 16.2. The van der Waals surface area contributed by atoms with Crippen LogP contribution in [0.2, 0.25) is 0 Å². The van der Waals surface area contributed by atoms with Crippen molar-refractivity contribution in [1.29, 1.82) is 0 Å². The van der Waals surface area contributed by atoms with Gasteiger partial charge in [0, 0.05) is 49.8 Å². The number of rotatable bonds is 3. The van der Waals surface area contributed by atoms with Gasteiger partial charge in [-0.2, -0.15) is 0 Å². The van der Waals surface area contributed by atoms with E-state index in [1.165, 1.54) is 0 Å². The smallest absolute Gasteiger partial charge is 0.321 e. The van der Waals surface area contributed by atoms with Crippen LogP contribution >= 0.6 is 0 Å². The van der Waals surface area contributed by atoms with Gasteiger partial charge in [-0.15, -0.1) is 0 Å². The Kier molecular flexibility index (Phi) is 4.84. The van der Waals surface area contributed by atoms with E-state index in [1.54, 1.807) is 31.3 Å². The number of carbonyl (C=O) groups is 2. The molecule has 6 nitrogen and oxygen atoms in total. The lowest BCUT2D eigenvalue weighted by atomic mass is 10.1. The Morgan fingerprint density at radius 2 is 1.67 bits per heavy atom. The van der Waals surface area contributed by atoms with Crippen LogP contribution < -0.4 is 10.6 Å². The number of amides is 3. The Labute approximate surface area is 141 Å². The Bertz CT molecular complexity index is 686. The minimum Gasteiger partial charge on any atom is -0.355 e. The van der Waals surface area contributed by atoms with Crippen molar-refractivity contribution < 1.29 is 9.59 Å². The molecule has 24 heavy (non-hydrogen) atoms. The van der Waals surface area contributed by atoms with Gasteiger partial charge in [-0.3, -0.25) is 4.79 Å². The van der Waals surface area contributed by atoms with Crippen LogP contribution in [0.4, 0.5) is 10.5 Å². The van der Waals surface area contributed by atoms with E-state index in [1.807, 2.05) is 17.0 Å². The molecule has 1 aliphatic rings. The van der Waals surface area contributed by atoms with Crippen LogP contribution in [0.5, 0.6) is 0 Å². The summed E-state index contributed by atoms with van der Waals surface area (Å²) in [7, 11) is 1.59. The highest BCUT2D eigenvalue weighted by molar-refractivity contribution is 5.95. The molecule has 6 heteroatoms. The van der Waals surface area contributed by atoms with Crippen molar-refractivity contribution >= 4 is 17.6 Å². The summed E-state index contributed by atoms with van der Waals surface area (Å²) in [5.41, 5.74) is 1.27. The molecule has 1 fully saturated rings. The van der Waals surface area contributed by atoms with Crippen molar-refractivity contribution in [3.8, 4) is 0 Å². The predicted octanol–water partition coefficient (Wildman–Crippen LogP) is 2.72. The first-order valence-corrected chi connectivity index (χ1v) is 8.18. The summed E-state index contributed by atoms with van der Waals surface area (Å²) < 4.78 is 2.22. The standard InChI is InChI=1S/C18H22N4O2/c1-19-17(23)14-4-6-15(7-5-14)20-18(24)22-12-8-16(9-13-22)21-10-2-3-11-21/h2-7,10-11,16H,8-9,12-13H2,1H3,(H,19,23)(H,20,24). The number of benzene rings is 1. The Hall–Kier alpha value is -2.76. The van der Waals surface area contributed by atoms with Gasteiger partial charge >= 0.3 is 6.03 Å². The van der Waals surface area contributed by atoms with Crippen molar-refractivity contribution in [2.45, 2.75) is 18.9 Å². The maximum Gasteiger partial charge on any atom is 0.321 e. The normalized spacial score (nSPS) is 15.1. The molecular weight excluding hydrogens is 304 g/mol. The van der Waals surface area contributed by atoms with Crippen LogP contribution in [0.15, 0.2) is 48.8 Å². The molecule has 1 aliphatic heterocycles. The zero-order chi connectivity index (χ0) is 16.9. The van der Waals surface area contributed by atoms with E-state index in [0.717, 1.165) is 25.9 Å². The van der Waals surface area contributed by atoms with E-state index in [2.05, 4.69) is 27.6 Å². The minimum atomic E-state index is -0.139. The molecule has 2 heterocycles. The summed E-state index contributed by atoms with van der Waals surface area (Å²) >= 11 is 0. The third-order valence-corrected chi connectivity index (χ3v) is 4.43. The van der Waals surface area contributed by atoms with E-state index in [0.29, 0.717) is 17.3 Å². The first-order chi connectivity index (χ1) is 11.7. The maximum absolute atomic E-state index is 12.4. The number of urea groups is 1. The number of aromatic nitrogens is 1. The predicted molar refractivity (Wildman–Crippen MR) is 93.1 cm³/mol. The average Bonchev–Trinajstić information content (AvgIpc) is 3.16. The van der Waals surface area contributed by atoms with Crippen LogP contribution in [-0.2, 0) is 0 Å². The number of hydrogen-bond donors (Lipinski definition) is 2. The molecule has 126 valence electrons. The molecule has 0 atom stereocenters. The monoisotopic (exact) mass is 326 g/mol. The van der Waals surface area contributed by atoms with Crippen LogP contribution in [0, 0.1) is 0 Å².